The Kier molecular flexibility index (Phi) is 4.94. The van der Waals surface area contributed by atoms with Crippen molar-refractivity contribution in [1.82, 2.24) is 30.2 Å². The molecular weight excluding hydrogens is 316 g/mol. The van der Waals surface area contributed by atoms with Gasteiger partial charge in [0, 0.05) is 43.0 Å². The maximum absolute atomic E-state index is 11.7. The molecule has 1 saturated heterocycles. The second-order valence-electron chi connectivity index (χ2n) is 7.81. The van der Waals surface area contributed by atoms with E-state index < -0.39 is 0 Å². The van der Waals surface area contributed by atoms with Gasteiger partial charge < -0.3 is 5.32 Å². The first kappa shape index (κ1) is 17.7. The van der Waals surface area contributed by atoms with Crippen LogP contribution in [0.5, 0.6) is 0 Å². The number of nitrogens with zero attached hydrogens (tertiary/aromatic N) is 4. The van der Waals surface area contributed by atoms with Crippen molar-refractivity contribution in [3.63, 3.8) is 0 Å². The number of H-pyrrole nitrogens is 1. The van der Waals surface area contributed by atoms with Crippen LogP contribution in [0.1, 0.15) is 61.4 Å². The summed E-state index contributed by atoms with van der Waals surface area (Å²) in [7, 11) is 1.63. The van der Waals surface area contributed by atoms with Gasteiger partial charge in [-0.3, -0.25) is 19.5 Å². The van der Waals surface area contributed by atoms with Crippen LogP contribution in [0, 0.1) is 0 Å². The van der Waals surface area contributed by atoms with Crippen LogP contribution in [0.25, 0.3) is 0 Å². The molecule has 0 bridgehead atoms. The Morgan fingerprint density at radius 3 is 2.96 bits per heavy atom. The van der Waals surface area contributed by atoms with Gasteiger partial charge in [-0.2, -0.15) is 10.2 Å². The molecule has 0 radical (unpaired) electrons. The average molecular weight is 344 g/mol. The summed E-state index contributed by atoms with van der Waals surface area (Å²) < 4.78 is 1.94. The van der Waals surface area contributed by atoms with Gasteiger partial charge in [0.15, 0.2) is 0 Å². The molecular formula is C18H28N6O. The summed E-state index contributed by atoms with van der Waals surface area (Å²) >= 11 is 0. The van der Waals surface area contributed by atoms with Gasteiger partial charge in [0.05, 0.1) is 12.2 Å². The average Bonchev–Trinajstić information content (AvgIpc) is 3.23. The smallest absolute Gasteiger partial charge is 0.271 e. The maximum atomic E-state index is 11.7. The first-order valence-corrected chi connectivity index (χ1v) is 8.91. The number of aromatic nitrogens is 4. The minimum absolute atomic E-state index is 0.0609. The second kappa shape index (κ2) is 7.00. The Balaban J connectivity index is 1.69. The highest BCUT2D eigenvalue weighted by molar-refractivity contribution is 5.91. The van der Waals surface area contributed by atoms with Gasteiger partial charge >= 0.3 is 0 Å². The number of hydrogen-bond donors (Lipinski definition) is 2. The molecule has 1 aliphatic heterocycles. The zero-order valence-corrected chi connectivity index (χ0v) is 15.5. The summed E-state index contributed by atoms with van der Waals surface area (Å²) in [6.07, 6.45) is 6.07. The Labute approximate surface area is 148 Å². The number of hydrogen-bond acceptors (Lipinski definition) is 4. The highest BCUT2D eigenvalue weighted by atomic mass is 16.1. The number of amides is 1. The van der Waals surface area contributed by atoms with Crippen molar-refractivity contribution in [1.29, 1.82) is 0 Å². The van der Waals surface area contributed by atoms with Gasteiger partial charge in [0.25, 0.3) is 5.91 Å². The SMILES string of the molecule is CNC(=O)c1ccn([C@@H]2CCCN(Cc3cn[nH]c3C(C)(C)C)C2)n1. The minimum atomic E-state index is -0.139. The largest absolute Gasteiger partial charge is 0.354 e. The predicted octanol–water partition coefficient (Wildman–Crippen LogP) is 2.10. The third-order valence-corrected chi connectivity index (χ3v) is 4.78. The first-order chi connectivity index (χ1) is 11.9. The highest BCUT2D eigenvalue weighted by Crippen LogP contribution is 2.27. The van der Waals surface area contributed by atoms with Crippen LogP contribution < -0.4 is 5.32 Å². The predicted molar refractivity (Wildman–Crippen MR) is 96.5 cm³/mol. The molecule has 0 saturated carbocycles. The molecule has 1 amide bonds. The van der Waals surface area contributed by atoms with Crippen LogP contribution in [-0.4, -0.2) is 50.9 Å². The molecule has 7 nitrogen and oxygen atoms in total. The molecule has 0 aromatic carbocycles. The highest BCUT2D eigenvalue weighted by Gasteiger charge is 2.26. The lowest BCUT2D eigenvalue weighted by atomic mass is 9.89. The summed E-state index contributed by atoms with van der Waals surface area (Å²) in [4.78, 5) is 14.2. The van der Waals surface area contributed by atoms with E-state index in [-0.39, 0.29) is 11.3 Å². The fourth-order valence-corrected chi connectivity index (χ4v) is 3.50. The van der Waals surface area contributed by atoms with Crippen molar-refractivity contribution < 1.29 is 4.79 Å². The van der Waals surface area contributed by atoms with Crippen molar-refractivity contribution in [3.05, 3.63) is 35.4 Å². The molecule has 2 aromatic heterocycles. The van der Waals surface area contributed by atoms with Crippen LogP contribution >= 0.6 is 0 Å². The van der Waals surface area contributed by atoms with E-state index in [1.165, 1.54) is 11.3 Å². The molecule has 2 N–H and O–H groups in total. The zero-order valence-electron chi connectivity index (χ0n) is 15.5. The Morgan fingerprint density at radius 2 is 2.24 bits per heavy atom. The standard InChI is InChI=1S/C18H28N6O/c1-18(2,3)16-13(10-20-21-16)11-23-8-5-6-14(12-23)24-9-7-15(22-24)17(25)19-4/h7,9-10,14H,5-6,8,11-12H2,1-4H3,(H,19,25)(H,20,21)/t14-/m1/s1. The normalized spacial score (nSPS) is 19.1. The lowest BCUT2D eigenvalue weighted by Crippen LogP contribution is -2.36. The lowest BCUT2D eigenvalue weighted by molar-refractivity contribution is 0.0955. The van der Waals surface area contributed by atoms with E-state index in [1.54, 1.807) is 13.1 Å². The van der Waals surface area contributed by atoms with Crippen molar-refractivity contribution in [2.45, 2.75) is 51.6 Å². The van der Waals surface area contributed by atoms with E-state index in [0.29, 0.717) is 11.7 Å². The van der Waals surface area contributed by atoms with Crippen molar-refractivity contribution >= 4 is 5.91 Å². The molecule has 136 valence electrons. The second-order valence-corrected chi connectivity index (χ2v) is 7.81. The van der Waals surface area contributed by atoms with E-state index in [4.69, 9.17) is 0 Å². The number of aromatic amines is 1. The summed E-state index contributed by atoms with van der Waals surface area (Å²) in [5.41, 5.74) is 3.01. The van der Waals surface area contributed by atoms with Gasteiger partial charge in [-0.25, -0.2) is 0 Å². The molecule has 7 heteroatoms. The van der Waals surface area contributed by atoms with E-state index >= 15 is 0 Å². The fraction of sp³-hybridized carbons (Fsp3) is 0.611. The van der Waals surface area contributed by atoms with Crippen LogP contribution in [0.15, 0.2) is 18.5 Å². The van der Waals surface area contributed by atoms with E-state index in [0.717, 1.165) is 32.5 Å². The Bertz CT molecular complexity index is 726. The van der Waals surface area contributed by atoms with Gasteiger partial charge in [-0.1, -0.05) is 20.8 Å². The number of carbonyl (C=O) groups is 1. The molecule has 25 heavy (non-hydrogen) atoms. The van der Waals surface area contributed by atoms with E-state index in [9.17, 15) is 4.79 Å². The molecule has 1 aliphatic rings. The molecule has 3 heterocycles. The number of rotatable bonds is 4. The van der Waals surface area contributed by atoms with Crippen molar-refractivity contribution in [2.75, 3.05) is 20.1 Å². The fourth-order valence-electron chi connectivity index (χ4n) is 3.50. The lowest BCUT2D eigenvalue weighted by Gasteiger charge is -2.33. The number of carbonyl (C=O) groups excluding carboxylic acids is 1. The maximum Gasteiger partial charge on any atom is 0.271 e. The van der Waals surface area contributed by atoms with Gasteiger partial charge in [0.2, 0.25) is 0 Å². The quantitative estimate of drug-likeness (QED) is 0.890. The zero-order chi connectivity index (χ0) is 18.0. The third-order valence-electron chi connectivity index (χ3n) is 4.78. The van der Waals surface area contributed by atoms with Crippen LogP contribution in [0.2, 0.25) is 0 Å². The number of piperidine rings is 1. The van der Waals surface area contributed by atoms with Crippen LogP contribution in [0.3, 0.4) is 0 Å². The molecule has 0 spiro atoms. The van der Waals surface area contributed by atoms with Crippen molar-refractivity contribution in [2.24, 2.45) is 0 Å². The van der Waals surface area contributed by atoms with Gasteiger partial charge in [0.1, 0.15) is 5.69 Å². The molecule has 1 atom stereocenters. The number of likely N-dealkylation sites (tertiary alicyclic amines) is 1. The van der Waals surface area contributed by atoms with Gasteiger partial charge in [-0.05, 0) is 25.5 Å². The molecule has 1 fully saturated rings. The van der Waals surface area contributed by atoms with E-state index in [1.807, 2.05) is 17.1 Å². The van der Waals surface area contributed by atoms with Crippen molar-refractivity contribution in [3.8, 4) is 0 Å². The first-order valence-electron chi connectivity index (χ1n) is 8.91. The third kappa shape index (κ3) is 3.92. The summed E-state index contributed by atoms with van der Waals surface area (Å²) in [6, 6.07) is 2.09. The van der Waals surface area contributed by atoms with Crippen LogP contribution in [0.4, 0.5) is 0 Å². The summed E-state index contributed by atoms with van der Waals surface area (Å²) in [6.45, 7) is 9.51. The topological polar surface area (TPSA) is 78.8 Å². The van der Waals surface area contributed by atoms with Crippen LogP contribution in [-0.2, 0) is 12.0 Å². The van der Waals surface area contributed by atoms with Gasteiger partial charge in [-0.15, -0.1) is 0 Å². The molecule has 0 aliphatic carbocycles. The van der Waals surface area contributed by atoms with E-state index in [2.05, 4.69) is 46.3 Å². The number of nitrogens with one attached hydrogen (secondary N) is 2. The Hall–Kier alpha value is -2.15. The molecule has 2 aromatic rings. The molecule has 0 unspecified atom stereocenters. The summed E-state index contributed by atoms with van der Waals surface area (Å²) in [5, 5.41) is 14.5. The summed E-state index contributed by atoms with van der Waals surface area (Å²) in [5.74, 6) is -0.139. The molecule has 3 rings (SSSR count). The monoisotopic (exact) mass is 344 g/mol. The Morgan fingerprint density at radius 1 is 1.44 bits per heavy atom. The minimum Gasteiger partial charge on any atom is -0.354 e.